The van der Waals surface area contributed by atoms with E-state index in [-0.39, 0.29) is 18.2 Å². The van der Waals surface area contributed by atoms with Crippen LogP contribution in [0.3, 0.4) is 0 Å². The van der Waals surface area contributed by atoms with Crippen LogP contribution >= 0.6 is 0 Å². The first kappa shape index (κ1) is 11.8. The standard InChI is InChI=1S/C14H16O3/c1-14(2,3)13(16)10-8-17-11-7-5-4-6-9(11)12(10)15/h4-7,10H,8H2,1-3H3. The number of ketones is 2. The second-order valence-corrected chi connectivity index (χ2v) is 5.34. The Morgan fingerprint density at radius 2 is 1.94 bits per heavy atom. The molecule has 1 aliphatic heterocycles. The number of fused-ring (bicyclic) bond motifs is 1. The van der Waals surface area contributed by atoms with Gasteiger partial charge in [0.25, 0.3) is 0 Å². The average Bonchev–Trinajstić information content (AvgIpc) is 2.28. The van der Waals surface area contributed by atoms with Gasteiger partial charge in [-0.25, -0.2) is 0 Å². The van der Waals surface area contributed by atoms with Crippen LogP contribution in [0.5, 0.6) is 5.75 Å². The van der Waals surface area contributed by atoms with E-state index in [1.807, 2.05) is 26.8 Å². The minimum absolute atomic E-state index is 0.0583. The van der Waals surface area contributed by atoms with Crippen molar-refractivity contribution < 1.29 is 14.3 Å². The van der Waals surface area contributed by atoms with Gasteiger partial charge in [0, 0.05) is 5.41 Å². The zero-order valence-electron chi connectivity index (χ0n) is 10.3. The normalized spacial score (nSPS) is 19.5. The maximum absolute atomic E-state index is 12.2. The molecule has 0 N–H and O–H groups in total. The Labute approximate surface area is 101 Å². The molecule has 1 aliphatic rings. The van der Waals surface area contributed by atoms with Gasteiger partial charge < -0.3 is 4.74 Å². The molecule has 17 heavy (non-hydrogen) atoms. The molecule has 0 radical (unpaired) electrons. The van der Waals surface area contributed by atoms with E-state index in [1.165, 1.54) is 0 Å². The van der Waals surface area contributed by atoms with Crippen LogP contribution in [-0.2, 0) is 4.79 Å². The van der Waals surface area contributed by atoms with Crippen molar-refractivity contribution in [3.05, 3.63) is 29.8 Å². The van der Waals surface area contributed by atoms with E-state index in [1.54, 1.807) is 18.2 Å². The van der Waals surface area contributed by atoms with Crippen molar-refractivity contribution in [3.8, 4) is 5.75 Å². The SMILES string of the molecule is CC(C)(C)C(=O)C1COc2ccccc2C1=O. The number of Topliss-reactive ketones (excluding diaryl/α,β-unsaturated/α-hetero) is 2. The van der Waals surface area contributed by atoms with E-state index < -0.39 is 11.3 Å². The number of hydrogen-bond acceptors (Lipinski definition) is 3. The highest BCUT2D eigenvalue weighted by Gasteiger charge is 2.38. The van der Waals surface area contributed by atoms with Crippen molar-refractivity contribution >= 4 is 11.6 Å². The molecular weight excluding hydrogens is 216 g/mol. The topological polar surface area (TPSA) is 43.4 Å². The van der Waals surface area contributed by atoms with Gasteiger partial charge in [-0.05, 0) is 12.1 Å². The van der Waals surface area contributed by atoms with Crippen molar-refractivity contribution in [1.29, 1.82) is 0 Å². The Hall–Kier alpha value is -1.64. The van der Waals surface area contributed by atoms with Crippen molar-refractivity contribution in [2.45, 2.75) is 20.8 Å². The minimum atomic E-state index is -0.662. The van der Waals surface area contributed by atoms with Gasteiger partial charge in [-0.2, -0.15) is 0 Å². The lowest BCUT2D eigenvalue weighted by molar-refractivity contribution is -0.129. The number of carbonyl (C=O) groups excluding carboxylic acids is 2. The number of carbonyl (C=O) groups is 2. The van der Waals surface area contributed by atoms with Crippen molar-refractivity contribution in [1.82, 2.24) is 0 Å². The molecule has 1 heterocycles. The molecule has 3 heteroatoms. The van der Waals surface area contributed by atoms with Gasteiger partial charge in [-0.1, -0.05) is 32.9 Å². The van der Waals surface area contributed by atoms with Gasteiger partial charge >= 0.3 is 0 Å². The number of hydrogen-bond donors (Lipinski definition) is 0. The van der Waals surface area contributed by atoms with Gasteiger partial charge in [0.05, 0.1) is 5.56 Å². The second kappa shape index (κ2) is 3.99. The van der Waals surface area contributed by atoms with Crippen LogP contribution in [0.4, 0.5) is 0 Å². The van der Waals surface area contributed by atoms with Crippen LogP contribution in [0.1, 0.15) is 31.1 Å². The molecule has 0 aliphatic carbocycles. The fraction of sp³-hybridized carbons (Fsp3) is 0.429. The number of ether oxygens (including phenoxy) is 1. The third-order valence-electron chi connectivity index (χ3n) is 2.93. The van der Waals surface area contributed by atoms with E-state index in [2.05, 4.69) is 0 Å². The fourth-order valence-corrected chi connectivity index (χ4v) is 1.95. The van der Waals surface area contributed by atoms with Gasteiger partial charge in [0.2, 0.25) is 0 Å². The summed E-state index contributed by atoms with van der Waals surface area (Å²) >= 11 is 0. The summed E-state index contributed by atoms with van der Waals surface area (Å²) in [6, 6.07) is 7.06. The van der Waals surface area contributed by atoms with Gasteiger partial charge in [0.1, 0.15) is 18.3 Å². The van der Waals surface area contributed by atoms with Crippen LogP contribution in [0.25, 0.3) is 0 Å². The molecular formula is C14H16O3. The second-order valence-electron chi connectivity index (χ2n) is 5.34. The molecule has 1 aromatic carbocycles. The molecule has 90 valence electrons. The molecule has 0 spiro atoms. The number of para-hydroxylation sites is 1. The van der Waals surface area contributed by atoms with Crippen LogP contribution in [0.2, 0.25) is 0 Å². The molecule has 0 bridgehead atoms. The summed E-state index contributed by atoms with van der Waals surface area (Å²) in [4.78, 5) is 24.3. The number of rotatable bonds is 1. The van der Waals surface area contributed by atoms with Crippen LogP contribution in [0, 0.1) is 11.3 Å². The molecule has 0 aromatic heterocycles. The van der Waals surface area contributed by atoms with E-state index in [0.717, 1.165) is 0 Å². The maximum Gasteiger partial charge on any atom is 0.180 e. The summed E-state index contributed by atoms with van der Waals surface area (Å²) < 4.78 is 5.48. The largest absolute Gasteiger partial charge is 0.492 e. The summed E-state index contributed by atoms with van der Waals surface area (Å²) in [5.41, 5.74) is -0.00275. The summed E-state index contributed by atoms with van der Waals surface area (Å²) in [6.45, 7) is 5.63. The molecule has 1 unspecified atom stereocenters. The summed E-state index contributed by atoms with van der Waals surface area (Å²) in [5, 5.41) is 0. The smallest absolute Gasteiger partial charge is 0.180 e. The first-order valence-electron chi connectivity index (χ1n) is 5.71. The Bertz CT molecular complexity index is 469. The van der Waals surface area contributed by atoms with Crippen LogP contribution in [0.15, 0.2) is 24.3 Å². The zero-order valence-corrected chi connectivity index (χ0v) is 10.3. The van der Waals surface area contributed by atoms with Crippen LogP contribution < -0.4 is 4.74 Å². The third kappa shape index (κ3) is 2.09. The highest BCUT2D eigenvalue weighted by atomic mass is 16.5. The van der Waals surface area contributed by atoms with E-state index >= 15 is 0 Å². The number of benzene rings is 1. The summed E-state index contributed by atoms with van der Waals surface area (Å²) in [7, 11) is 0. The molecule has 1 atom stereocenters. The lowest BCUT2D eigenvalue weighted by Gasteiger charge is -2.27. The first-order valence-corrected chi connectivity index (χ1v) is 5.71. The lowest BCUT2D eigenvalue weighted by atomic mass is 9.79. The Morgan fingerprint density at radius 1 is 1.29 bits per heavy atom. The molecule has 1 aromatic rings. The molecule has 3 nitrogen and oxygen atoms in total. The molecule has 0 amide bonds. The highest BCUT2D eigenvalue weighted by Crippen LogP contribution is 2.31. The molecule has 0 saturated heterocycles. The van der Waals surface area contributed by atoms with E-state index in [9.17, 15) is 9.59 Å². The zero-order chi connectivity index (χ0) is 12.6. The average molecular weight is 232 g/mol. The maximum atomic E-state index is 12.2. The Morgan fingerprint density at radius 3 is 2.59 bits per heavy atom. The molecule has 2 rings (SSSR count). The van der Waals surface area contributed by atoms with E-state index in [4.69, 9.17) is 4.74 Å². The minimum Gasteiger partial charge on any atom is -0.492 e. The highest BCUT2D eigenvalue weighted by molar-refractivity contribution is 6.13. The quantitative estimate of drug-likeness (QED) is 0.699. The van der Waals surface area contributed by atoms with Crippen molar-refractivity contribution in [3.63, 3.8) is 0 Å². The third-order valence-corrected chi connectivity index (χ3v) is 2.93. The van der Waals surface area contributed by atoms with Crippen molar-refractivity contribution in [2.75, 3.05) is 6.61 Å². The molecule has 0 fully saturated rings. The van der Waals surface area contributed by atoms with E-state index in [0.29, 0.717) is 11.3 Å². The van der Waals surface area contributed by atoms with Gasteiger partial charge in [0.15, 0.2) is 11.6 Å². The van der Waals surface area contributed by atoms with Gasteiger partial charge in [-0.3, -0.25) is 9.59 Å². The lowest BCUT2D eigenvalue weighted by Crippen LogP contribution is -2.39. The molecule has 0 saturated carbocycles. The summed E-state index contributed by atoms with van der Waals surface area (Å²) in [6.07, 6.45) is 0. The monoisotopic (exact) mass is 232 g/mol. The first-order chi connectivity index (χ1) is 7.91. The Kier molecular flexibility index (Phi) is 2.77. The van der Waals surface area contributed by atoms with Crippen LogP contribution in [-0.4, -0.2) is 18.2 Å². The predicted octanol–water partition coefficient (Wildman–Crippen LogP) is 2.49. The predicted molar refractivity (Wildman–Crippen MR) is 64.2 cm³/mol. The van der Waals surface area contributed by atoms with Gasteiger partial charge in [-0.15, -0.1) is 0 Å². The van der Waals surface area contributed by atoms with Crippen molar-refractivity contribution in [2.24, 2.45) is 11.3 Å². The summed E-state index contributed by atoms with van der Waals surface area (Å²) in [5.74, 6) is -0.260. The Balaban J connectivity index is 2.33. The fourth-order valence-electron chi connectivity index (χ4n) is 1.95.